The number of carbonyl (C=O) groups is 1. The molecule has 5 nitrogen and oxygen atoms in total. The molecule has 2 fully saturated rings. The minimum Gasteiger partial charge on any atom is -0.391 e. The molecule has 0 spiro atoms. The van der Waals surface area contributed by atoms with Crippen LogP contribution >= 0.6 is 0 Å². The lowest BCUT2D eigenvalue weighted by atomic mass is 9.97. The van der Waals surface area contributed by atoms with E-state index in [0.717, 1.165) is 45.6 Å². The molecule has 0 aromatic heterocycles. The summed E-state index contributed by atoms with van der Waals surface area (Å²) in [5.74, 6) is 0.156. The van der Waals surface area contributed by atoms with Gasteiger partial charge in [0.2, 0.25) is 5.91 Å². The van der Waals surface area contributed by atoms with Crippen LogP contribution in [0.3, 0.4) is 0 Å². The molecule has 0 saturated carbocycles. The van der Waals surface area contributed by atoms with E-state index in [0.29, 0.717) is 6.54 Å². The first-order chi connectivity index (χ1) is 8.51. The highest BCUT2D eigenvalue weighted by atomic mass is 16.3. The summed E-state index contributed by atoms with van der Waals surface area (Å²) in [4.78, 5) is 16.7. The van der Waals surface area contributed by atoms with Crippen LogP contribution in [0.15, 0.2) is 0 Å². The van der Waals surface area contributed by atoms with Crippen molar-refractivity contribution in [3.05, 3.63) is 0 Å². The average molecular weight is 255 g/mol. The molecule has 104 valence electrons. The number of piperazine rings is 1. The first-order valence-electron chi connectivity index (χ1n) is 6.95. The van der Waals surface area contributed by atoms with Gasteiger partial charge in [0.25, 0.3) is 0 Å². The first kappa shape index (κ1) is 13.8. The predicted molar refractivity (Wildman–Crippen MR) is 70.3 cm³/mol. The summed E-state index contributed by atoms with van der Waals surface area (Å²) < 4.78 is 0. The lowest BCUT2D eigenvalue weighted by Crippen LogP contribution is -2.61. The smallest absolute Gasteiger partial charge is 0.242 e. The molecule has 2 heterocycles. The van der Waals surface area contributed by atoms with Gasteiger partial charge >= 0.3 is 0 Å². The third-order valence-corrected chi connectivity index (χ3v) is 4.11. The van der Waals surface area contributed by atoms with Crippen molar-refractivity contribution in [3.63, 3.8) is 0 Å². The number of amides is 1. The van der Waals surface area contributed by atoms with Gasteiger partial charge in [-0.1, -0.05) is 0 Å². The molecule has 2 saturated heterocycles. The van der Waals surface area contributed by atoms with Crippen LogP contribution < -0.4 is 5.32 Å². The van der Waals surface area contributed by atoms with Crippen molar-refractivity contribution in [1.82, 2.24) is 15.1 Å². The van der Waals surface area contributed by atoms with Crippen LogP contribution in [0.25, 0.3) is 0 Å². The Labute approximate surface area is 109 Å². The van der Waals surface area contributed by atoms with E-state index < -0.39 is 5.54 Å². The number of hydrogen-bond acceptors (Lipinski definition) is 4. The molecule has 2 aliphatic rings. The Kier molecular flexibility index (Phi) is 4.25. The average Bonchev–Trinajstić information content (AvgIpc) is 2.39. The SMILES string of the molecule is CC(C)(C(=O)N1CCC[C@H](O)C1)N1CCNCC1. The van der Waals surface area contributed by atoms with E-state index in [2.05, 4.69) is 10.2 Å². The third kappa shape index (κ3) is 2.84. The summed E-state index contributed by atoms with van der Waals surface area (Å²) in [7, 11) is 0. The van der Waals surface area contributed by atoms with Gasteiger partial charge in [-0.15, -0.1) is 0 Å². The lowest BCUT2D eigenvalue weighted by molar-refractivity contribution is -0.146. The van der Waals surface area contributed by atoms with Crippen molar-refractivity contribution < 1.29 is 9.90 Å². The molecule has 1 amide bonds. The van der Waals surface area contributed by atoms with Gasteiger partial charge in [-0.3, -0.25) is 9.69 Å². The zero-order valence-corrected chi connectivity index (χ0v) is 11.5. The van der Waals surface area contributed by atoms with Crippen LogP contribution in [0.4, 0.5) is 0 Å². The summed E-state index contributed by atoms with van der Waals surface area (Å²) >= 11 is 0. The molecule has 1 atom stereocenters. The minimum atomic E-state index is -0.459. The van der Waals surface area contributed by atoms with Crippen molar-refractivity contribution in [2.75, 3.05) is 39.3 Å². The molecule has 0 aliphatic carbocycles. The fraction of sp³-hybridized carbons (Fsp3) is 0.923. The van der Waals surface area contributed by atoms with Crippen LogP contribution in [0.1, 0.15) is 26.7 Å². The zero-order valence-electron chi connectivity index (χ0n) is 11.5. The first-order valence-corrected chi connectivity index (χ1v) is 6.95. The van der Waals surface area contributed by atoms with Gasteiger partial charge in [0.1, 0.15) is 0 Å². The number of nitrogens with one attached hydrogen (secondary N) is 1. The lowest BCUT2D eigenvalue weighted by Gasteiger charge is -2.43. The van der Waals surface area contributed by atoms with E-state index in [1.807, 2.05) is 18.7 Å². The van der Waals surface area contributed by atoms with Crippen LogP contribution in [-0.2, 0) is 4.79 Å². The predicted octanol–water partition coefficient (Wildman–Crippen LogP) is -0.346. The maximum Gasteiger partial charge on any atom is 0.242 e. The molecule has 2 rings (SSSR count). The van der Waals surface area contributed by atoms with Gasteiger partial charge < -0.3 is 15.3 Å². The largest absolute Gasteiger partial charge is 0.391 e. The molecule has 2 aliphatic heterocycles. The molecule has 0 bridgehead atoms. The Morgan fingerprint density at radius 1 is 1.28 bits per heavy atom. The molecule has 0 aromatic rings. The van der Waals surface area contributed by atoms with E-state index in [1.165, 1.54) is 0 Å². The number of hydrogen-bond donors (Lipinski definition) is 2. The van der Waals surface area contributed by atoms with E-state index >= 15 is 0 Å². The molecular formula is C13H25N3O2. The Balaban J connectivity index is 2.01. The van der Waals surface area contributed by atoms with Crippen molar-refractivity contribution in [3.8, 4) is 0 Å². The van der Waals surface area contributed by atoms with Gasteiger partial charge in [-0.2, -0.15) is 0 Å². The number of rotatable bonds is 2. The molecule has 0 radical (unpaired) electrons. The van der Waals surface area contributed by atoms with Crippen molar-refractivity contribution >= 4 is 5.91 Å². The second kappa shape index (κ2) is 5.55. The van der Waals surface area contributed by atoms with E-state index in [9.17, 15) is 9.90 Å². The highest BCUT2D eigenvalue weighted by Crippen LogP contribution is 2.21. The van der Waals surface area contributed by atoms with Crippen LogP contribution in [0.5, 0.6) is 0 Å². The molecule has 0 unspecified atom stereocenters. The number of carbonyl (C=O) groups excluding carboxylic acids is 1. The quantitative estimate of drug-likeness (QED) is 0.708. The highest BCUT2D eigenvalue weighted by molar-refractivity contribution is 5.85. The van der Waals surface area contributed by atoms with Gasteiger partial charge in [0.15, 0.2) is 0 Å². The van der Waals surface area contributed by atoms with Crippen molar-refractivity contribution in [2.45, 2.75) is 38.3 Å². The monoisotopic (exact) mass is 255 g/mol. The van der Waals surface area contributed by atoms with Crippen molar-refractivity contribution in [2.24, 2.45) is 0 Å². The van der Waals surface area contributed by atoms with Gasteiger partial charge in [-0.25, -0.2) is 0 Å². The zero-order chi connectivity index (χ0) is 13.2. The highest BCUT2D eigenvalue weighted by Gasteiger charge is 2.39. The minimum absolute atomic E-state index is 0.156. The number of piperidine rings is 1. The Morgan fingerprint density at radius 2 is 1.94 bits per heavy atom. The van der Waals surface area contributed by atoms with Crippen LogP contribution in [-0.4, -0.2) is 71.7 Å². The normalized spacial score (nSPS) is 27.3. The Hall–Kier alpha value is -0.650. The second-order valence-electron chi connectivity index (χ2n) is 5.84. The maximum atomic E-state index is 12.6. The molecule has 5 heteroatoms. The van der Waals surface area contributed by atoms with Crippen LogP contribution in [0.2, 0.25) is 0 Å². The van der Waals surface area contributed by atoms with Gasteiger partial charge in [-0.05, 0) is 26.7 Å². The summed E-state index contributed by atoms with van der Waals surface area (Å²) in [6, 6.07) is 0. The fourth-order valence-corrected chi connectivity index (χ4v) is 2.89. The molecule has 0 aromatic carbocycles. The van der Waals surface area contributed by atoms with Crippen molar-refractivity contribution in [1.29, 1.82) is 0 Å². The number of likely N-dealkylation sites (tertiary alicyclic amines) is 1. The van der Waals surface area contributed by atoms with Gasteiger partial charge in [0, 0.05) is 39.3 Å². The molecular weight excluding hydrogens is 230 g/mol. The standard InChI is InChI=1S/C13H25N3O2/c1-13(2,16-8-5-14-6-9-16)12(18)15-7-3-4-11(17)10-15/h11,14,17H,3-10H2,1-2H3/t11-/m0/s1. The number of aliphatic hydroxyl groups is 1. The summed E-state index contributed by atoms with van der Waals surface area (Å²) in [5.41, 5.74) is -0.459. The summed E-state index contributed by atoms with van der Waals surface area (Å²) in [6.07, 6.45) is 1.38. The number of aliphatic hydroxyl groups excluding tert-OH is 1. The maximum absolute atomic E-state index is 12.6. The van der Waals surface area contributed by atoms with E-state index in [-0.39, 0.29) is 12.0 Å². The molecule has 18 heavy (non-hydrogen) atoms. The second-order valence-corrected chi connectivity index (χ2v) is 5.84. The Morgan fingerprint density at radius 3 is 2.56 bits per heavy atom. The van der Waals surface area contributed by atoms with E-state index in [1.54, 1.807) is 0 Å². The molecule has 2 N–H and O–H groups in total. The van der Waals surface area contributed by atoms with E-state index in [4.69, 9.17) is 0 Å². The van der Waals surface area contributed by atoms with Gasteiger partial charge in [0.05, 0.1) is 11.6 Å². The Bertz CT molecular complexity index is 301. The number of β-amino-alcohol motifs (C(OH)–C–C–N with tert-alkyl or cyclic N) is 1. The van der Waals surface area contributed by atoms with Crippen LogP contribution in [0, 0.1) is 0 Å². The third-order valence-electron chi connectivity index (χ3n) is 4.11. The summed E-state index contributed by atoms with van der Waals surface area (Å²) in [6.45, 7) is 8.99. The fourth-order valence-electron chi connectivity index (χ4n) is 2.89. The topological polar surface area (TPSA) is 55.8 Å². The number of nitrogens with zero attached hydrogens (tertiary/aromatic N) is 2. The summed E-state index contributed by atoms with van der Waals surface area (Å²) in [5, 5.41) is 13.0.